The van der Waals surface area contributed by atoms with Crippen molar-refractivity contribution in [2.75, 3.05) is 19.6 Å². The van der Waals surface area contributed by atoms with E-state index < -0.39 is 35.3 Å². The van der Waals surface area contributed by atoms with Crippen molar-refractivity contribution in [3.8, 4) is 0 Å². The summed E-state index contributed by atoms with van der Waals surface area (Å²) in [7, 11) is 0. The quantitative estimate of drug-likeness (QED) is 0.752. The van der Waals surface area contributed by atoms with Gasteiger partial charge in [-0.05, 0) is 12.1 Å². The van der Waals surface area contributed by atoms with Crippen molar-refractivity contribution in [1.82, 2.24) is 10.2 Å². The van der Waals surface area contributed by atoms with Crippen LogP contribution in [0.25, 0.3) is 0 Å². The van der Waals surface area contributed by atoms with Crippen molar-refractivity contribution >= 4 is 11.8 Å². The summed E-state index contributed by atoms with van der Waals surface area (Å²) >= 11 is 0. The number of benzene rings is 1. The highest BCUT2D eigenvalue weighted by atomic mass is 19.2. The molecule has 1 atom stereocenters. The molecule has 2 amide bonds. The highest BCUT2D eigenvalue weighted by molar-refractivity contribution is 5.97. The fourth-order valence-electron chi connectivity index (χ4n) is 2.05. The van der Waals surface area contributed by atoms with Crippen LogP contribution in [-0.2, 0) is 4.79 Å². The number of amides is 2. The zero-order valence-corrected chi connectivity index (χ0v) is 10.3. The monoisotopic (exact) mass is 287 g/mol. The Morgan fingerprint density at radius 1 is 1.25 bits per heavy atom. The molecule has 1 aromatic rings. The van der Waals surface area contributed by atoms with Gasteiger partial charge in [0, 0.05) is 25.2 Å². The molecule has 1 saturated heterocycles. The van der Waals surface area contributed by atoms with Gasteiger partial charge in [0.05, 0.1) is 0 Å². The Hall–Kier alpha value is -2.09. The number of hydrogen-bond donors (Lipinski definition) is 2. The molecule has 1 aliphatic heterocycles. The highest BCUT2D eigenvalue weighted by Gasteiger charge is 2.31. The molecule has 20 heavy (non-hydrogen) atoms. The Morgan fingerprint density at radius 2 is 1.85 bits per heavy atom. The lowest BCUT2D eigenvalue weighted by Gasteiger charge is -2.34. The molecule has 0 aliphatic carbocycles. The largest absolute Gasteiger partial charge is 0.368 e. The molecule has 8 heteroatoms. The van der Waals surface area contributed by atoms with E-state index in [-0.39, 0.29) is 18.7 Å². The van der Waals surface area contributed by atoms with E-state index in [0.717, 1.165) is 4.90 Å². The van der Waals surface area contributed by atoms with Crippen molar-refractivity contribution in [2.45, 2.75) is 6.04 Å². The fraction of sp³-hybridized carbons (Fsp3) is 0.333. The lowest BCUT2D eigenvalue weighted by atomic mass is 10.1. The molecule has 1 unspecified atom stereocenters. The normalized spacial score (nSPS) is 18.9. The van der Waals surface area contributed by atoms with Crippen LogP contribution in [0.3, 0.4) is 0 Å². The van der Waals surface area contributed by atoms with E-state index in [2.05, 4.69) is 5.32 Å². The number of hydrogen-bond acceptors (Lipinski definition) is 3. The van der Waals surface area contributed by atoms with Crippen LogP contribution in [0.15, 0.2) is 12.1 Å². The average Bonchev–Trinajstić information content (AvgIpc) is 2.43. The van der Waals surface area contributed by atoms with Crippen LogP contribution in [0, 0.1) is 17.5 Å². The highest BCUT2D eigenvalue weighted by Crippen LogP contribution is 2.17. The third-order valence-electron chi connectivity index (χ3n) is 3.06. The van der Waals surface area contributed by atoms with Crippen LogP contribution in [0.1, 0.15) is 10.4 Å². The Balaban J connectivity index is 2.32. The first-order valence-electron chi connectivity index (χ1n) is 5.87. The summed E-state index contributed by atoms with van der Waals surface area (Å²) in [6.45, 7) is 0.738. The molecule has 0 bridgehead atoms. The Bertz CT molecular complexity index is 542. The molecule has 0 aromatic heterocycles. The van der Waals surface area contributed by atoms with Crippen LogP contribution >= 0.6 is 0 Å². The van der Waals surface area contributed by atoms with Crippen LogP contribution in [0.2, 0.25) is 0 Å². The molecular weight excluding hydrogens is 275 g/mol. The minimum atomic E-state index is -1.65. The van der Waals surface area contributed by atoms with Crippen molar-refractivity contribution in [3.05, 3.63) is 35.1 Å². The lowest BCUT2D eigenvalue weighted by molar-refractivity contribution is -0.122. The van der Waals surface area contributed by atoms with Crippen LogP contribution in [0.4, 0.5) is 13.2 Å². The first kappa shape index (κ1) is 14.3. The molecule has 1 heterocycles. The van der Waals surface area contributed by atoms with Gasteiger partial charge >= 0.3 is 0 Å². The number of piperazine rings is 1. The van der Waals surface area contributed by atoms with Crippen LogP contribution in [-0.4, -0.2) is 42.4 Å². The van der Waals surface area contributed by atoms with Gasteiger partial charge in [-0.15, -0.1) is 0 Å². The van der Waals surface area contributed by atoms with E-state index in [1.54, 1.807) is 0 Å². The Morgan fingerprint density at radius 3 is 2.40 bits per heavy atom. The first-order valence-corrected chi connectivity index (χ1v) is 5.87. The second-order valence-electron chi connectivity index (χ2n) is 4.37. The third-order valence-corrected chi connectivity index (χ3v) is 3.06. The van der Waals surface area contributed by atoms with Crippen LogP contribution in [0.5, 0.6) is 0 Å². The fourth-order valence-corrected chi connectivity index (χ4v) is 2.05. The van der Waals surface area contributed by atoms with Gasteiger partial charge in [-0.3, -0.25) is 9.59 Å². The van der Waals surface area contributed by atoms with Gasteiger partial charge in [-0.1, -0.05) is 0 Å². The standard InChI is InChI=1S/C12H12F3N3O2/c13-7-3-6(4-8(14)10(7)15)12(20)18-2-1-17-5-9(18)11(16)19/h3-4,9,17H,1-2,5H2,(H2,16,19). The number of halogens is 3. The average molecular weight is 287 g/mol. The second-order valence-corrected chi connectivity index (χ2v) is 4.37. The number of nitrogens with two attached hydrogens (primary N) is 1. The number of rotatable bonds is 2. The zero-order chi connectivity index (χ0) is 14.9. The number of nitrogens with zero attached hydrogens (tertiary/aromatic N) is 1. The summed E-state index contributed by atoms with van der Waals surface area (Å²) in [5.74, 6) is -6.06. The van der Waals surface area contributed by atoms with E-state index in [0.29, 0.717) is 18.7 Å². The zero-order valence-electron chi connectivity index (χ0n) is 10.3. The van der Waals surface area contributed by atoms with Gasteiger partial charge in [-0.25, -0.2) is 13.2 Å². The van der Waals surface area contributed by atoms with Crippen molar-refractivity contribution in [3.63, 3.8) is 0 Å². The van der Waals surface area contributed by atoms with Gasteiger partial charge in [0.1, 0.15) is 6.04 Å². The molecule has 1 fully saturated rings. The smallest absolute Gasteiger partial charge is 0.254 e. The molecule has 3 N–H and O–H groups in total. The molecule has 2 rings (SSSR count). The van der Waals surface area contributed by atoms with E-state index in [9.17, 15) is 22.8 Å². The maximum atomic E-state index is 13.1. The topological polar surface area (TPSA) is 75.4 Å². The maximum Gasteiger partial charge on any atom is 0.254 e. The maximum absolute atomic E-state index is 13.1. The number of primary amides is 1. The third kappa shape index (κ3) is 2.60. The van der Waals surface area contributed by atoms with Gasteiger partial charge in [-0.2, -0.15) is 0 Å². The molecule has 1 aromatic carbocycles. The molecular formula is C12H12F3N3O2. The minimum Gasteiger partial charge on any atom is -0.368 e. The van der Waals surface area contributed by atoms with E-state index in [1.165, 1.54) is 0 Å². The van der Waals surface area contributed by atoms with E-state index in [4.69, 9.17) is 5.73 Å². The molecule has 5 nitrogen and oxygen atoms in total. The van der Waals surface area contributed by atoms with E-state index in [1.807, 2.05) is 0 Å². The predicted octanol–water partition coefficient (Wildman–Crippen LogP) is 0.00320. The number of carbonyl (C=O) groups excluding carboxylic acids is 2. The van der Waals surface area contributed by atoms with Gasteiger partial charge in [0.2, 0.25) is 5.91 Å². The van der Waals surface area contributed by atoms with Gasteiger partial charge < -0.3 is 16.0 Å². The summed E-state index contributed by atoms with van der Waals surface area (Å²) in [6, 6.07) is 0.286. The lowest BCUT2D eigenvalue weighted by Crippen LogP contribution is -2.58. The summed E-state index contributed by atoms with van der Waals surface area (Å²) in [6.07, 6.45) is 0. The summed E-state index contributed by atoms with van der Waals surface area (Å²) in [5, 5.41) is 2.88. The molecule has 108 valence electrons. The molecule has 0 radical (unpaired) electrons. The molecule has 0 spiro atoms. The van der Waals surface area contributed by atoms with Gasteiger partial charge in [0.15, 0.2) is 17.5 Å². The summed E-state index contributed by atoms with van der Waals surface area (Å²) in [4.78, 5) is 24.5. The van der Waals surface area contributed by atoms with E-state index >= 15 is 0 Å². The van der Waals surface area contributed by atoms with Crippen molar-refractivity contribution in [2.24, 2.45) is 5.73 Å². The summed E-state index contributed by atoms with van der Waals surface area (Å²) in [5.41, 5.74) is 4.81. The van der Waals surface area contributed by atoms with Crippen LogP contribution < -0.4 is 11.1 Å². The summed E-state index contributed by atoms with van der Waals surface area (Å²) < 4.78 is 39.1. The molecule has 1 aliphatic rings. The number of carbonyl (C=O) groups is 2. The van der Waals surface area contributed by atoms with Crippen molar-refractivity contribution < 1.29 is 22.8 Å². The number of nitrogens with one attached hydrogen (secondary N) is 1. The Labute approximate surface area is 112 Å². The van der Waals surface area contributed by atoms with Gasteiger partial charge in [0.25, 0.3) is 5.91 Å². The van der Waals surface area contributed by atoms with Crippen molar-refractivity contribution in [1.29, 1.82) is 0 Å². The predicted molar refractivity (Wildman–Crippen MR) is 63.2 cm³/mol. The SMILES string of the molecule is NC(=O)C1CNCCN1C(=O)c1cc(F)c(F)c(F)c1. The molecule has 0 saturated carbocycles. The second kappa shape index (κ2) is 5.49. The Kier molecular flexibility index (Phi) is 3.93. The minimum absolute atomic E-state index is 0.160. The first-order chi connectivity index (χ1) is 9.41.